The molecule has 0 spiro atoms. The molecule has 0 aromatic heterocycles. The first-order valence-electron chi connectivity index (χ1n) is 4.46. The van der Waals surface area contributed by atoms with Crippen LogP contribution in [0.2, 0.25) is 0 Å². The first-order chi connectivity index (χ1) is 6.76. The Morgan fingerprint density at radius 3 is 2.29 bits per heavy atom. The molecule has 0 amide bonds. The molecule has 14 heavy (non-hydrogen) atoms. The van der Waals surface area contributed by atoms with Gasteiger partial charge in [0.2, 0.25) is 0 Å². The lowest BCUT2D eigenvalue weighted by Crippen LogP contribution is -1.96. The topological polar surface area (TPSA) is 18.5 Å². The normalized spacial score (nSPS) is 9.64. The highest BCUT2D eigenvalue weighted by atomic mass is 32.1. The Bertz CT molecular complexity index is 334. The van der Waals surface area contributed by atoms with Gasteiger partial charge in [-0.15, -0.1) is 0 Å². The molecule has 0 unspecified atom stereocenters. The van der Waals surface area contributed by atoms with E-state index in [4.69, 9.17) is 21.7 Å². The molecule has 3 heteroatoms. The Kier molecular flexibility index (Phi) is 3.89. The molecule has 0 aliphatic rings. The van der Waals surface area contributed by atoms with Crippen LogP contribution < -0.4 is 9.47 Å². The van der Waals surface area contributed by atoms with Gasteiger partial charge >= 0.3 is 0 Å². The first kappa shape index (κ1) is 11.0. The van der Waals surface area contributed by atoms with Crippen molar-refractivity contribution in [3.05, 3.63) is 23.3 Å². The second-order valence-electron chi connectivity index (χ2n) is 2.88. The van der Waals surface area contributed by atoms with Crippen LogP contribution in [0.25, 0.3) is 0 Å². The van der Waals surface area contributed by atoms with E-state index in [9.17, 15) is 0 Å². The summed E-state index contributed by atoms with van der Waals surface area (Å²) in [6.07, 6.45) is 0.914. The molecule has 0 saturated heterocycles. The Hall–Kier alpha value is -1.09. The number of methoxy groups -OCH3 is 2. The van der Waals surface area contributed by atoms with Gasteiger partial charge in [-0.1, -0.05) is 19.1 Å². The van der Waals surface area contributed by atoms with E-state index < -0.39 is 0 Å². The fourth-order valence-corrected chi connectivity index (χ4v) is 1.54. The molecule has 0 radical (unpaired) electrons. The highest BCUT2D eigenvalue weighted by Gasteiger charge is 2.07. The van der Waals surface area contributed by atoms with E-state index >= 15 is 0 Å². The van der Waals surface area contributed by atoms with Gasteiger partial charge in [-0.05, 0) is 24.1 Å². The highest BCUT2D eigenvalue weighted by molar-refractivity contribution is 7.79. The lowest BCUT2D eigenvalue weighted by molar-refractivity contribution is 0.399. The van der Waals surface area contributed by atoms with E-state index in [2.05, 4.69) is 6.92 Å². The lowest BCUT2D eigenvalue weighted by Gasteiger charge is -2.11. The molecule has 1 rings (SSSR count). The highest BCUT2D eigenvalue weighted by Crippen LogP contribution is 2.28. The van der Waals surface area contributed by atoms with Crippen molar-refractivity contribution >= 4 is 17.6 Å². The third-order valence-corrected chi connectivity index (χ3v) is 2.39. The van der Waals surface area contributed by atoms with Crippen LogP contribution in [0.1, 0.15) is 18.1 Å². The molecule has 0 aliphatic heterocycles. The maximum absolute atomic E-state index is 5.26. The van der Waals surface area contributed by atoms with Crippen LogP contribution in [0.3, 0.4) is 0 Å². The minimum absolute atomic E-state index is 0.803. The zero-order valence-corrected chi connectivity index (χ0v) is 9.48. The average Bonchev–Trinajstić information content (AvgIpc) is 2.26. The van der Waals surface area contributed by atoms with E-state index in [1.165, 1.54) is 0 Å². The van der Waals surface area contributed by atoms with Crippen molar-refractivity contribution < 1.29 is 9.47 Å². The summed E-state index contributed by atoms with van der Waals surface area (Å²) in [5.41, 5.74) is 2.02. The van der Waals surface area contributed by atoms with E-state index in [-0.39, 0.29) is 0 Å². The number of benzene rings is 1. The molecule has 0 atom stereocenters. The Labute approximate surface area is 89.8 Å². The third-order valence-electron chi connectivity index (χ3n) is 2.14. The van der Waals surface area contributed by atoms with Crippen molar-refractivity contribution in [2.24, 2.45) is 0 Å². The van der Waals surface area contributed by atoms with Gasteiger partial charge in [0.25, 0.3) is 0 Å². The van der Waals surface area contributed by atoms with E-state index in [0.29, 0.717) is 0 Å². The Morgan fingerprint density at radius 2 is 1.86 bits per heavy atom. The minimum Gasteiger partial charge on any atom is -0.496 e. The smallest absolute Gasteiger partial charge is 0.127 e. The summed E-state index contributed by atoms with van der Waals surface area (Å²) in [6, 6.07) is 3.88. The first-order valence-corrected chi connectivity index (χ1v) is 4.94. The number of thiocarbonyl (C=S) groups is 1. The summed E-state index contributed by atoms with van der Waals surface area (Å²) in [7, 11) is 3.30. The molecule has 0 N–H and O–H groups in total. The number of hydrogen-bond acceptors (Lipinski definition) is 3. The average molecular weight is 210 g/mol. The van der Waals surface area contributed by atoms with Gasteiger partial charge in [0.1, 0.15) is 11.5 Å². The summed E-state index contributed by atoms with van der Waals surface area (Å²) in [4.78, 5) is 0. The number of hydrogen-bond donors (Lipinski definition) is 0. The molecule has 1 aromatic carbocycles. The van der Waals surface area contributed by atoms with Crippen LogP contribution in [0.4, 0.5) is 0 Å². The second-order valence-corrected chi connectivity index (χ2v) is 3.11. The van der Waals surface area contributed by atoms with Crippen LogP contribution in [0.5, 0.6) is 11.5 Å². The molecule has 1 aromatic rings. The van der Waals surface area contributed by atoms with Gasteiger partial charge in [-0.25, -0.2) is 0 Å². The van der Waals surface area contributed by atoms with Crippen LogP contribution in [-0.4, -0.2) is 19.6 Å². The van der Waals surface area contributed by atoms with E-state index in [1.807, 2.05) is 12.1 Å². The van der Waals surface area contributed by atoms with Crippen LogP contribution in [0.15, 0.2) is 12.1 Å². The van der Waals surface area contributed by atoms with Crippen molar-refractivity contribution in [2.45, 2.75) is 13.3 Å². The Balaban J connectivity index is 3.27. The Morgan fingerprint density at radius 1 is 1.21 bits per heavy atom. The summed E-state index contributed by atoms with van der Waals surface area (Å²) in [5, 5.41) is 1.60. The quantitative estimate of drug-likeness (QED) is 0.712. The zero-order chi connectivity index (χ0) is 10.6. The van der Waals surface area contributed by atoms with E-state index in [0.717, 1.165) is 29.0 Å². The third kappa shape index (κ3) is 2.04. The molecule has 76 valence electrons. The molecule has 0 fully saturated rings. The number of aryl methyl sites for hydroxylation is 1. The number of ether oxygens (including phenoxy) is 2. The van der Waals surface area contributed by atoms with Gasteiger partial charge in [-0.3, -0.25) is 0 Å². The predicted octanol–water partition coefficient (Wildman–Crippen LogP) is 2.61. The second kappa shape index (κ2) is 4.96. The van der Waals surface area contributed by atoms with Crippen LogP contribution in [-0.2, 0) is 6.42 Å². The lowest BCUT2D eigenvalue weighted by atomic mass is 10.1. The molecular formula is C11H14O2S. The summed E-state index contributed by atoms with van der Waals surface area (Å²) in [6.45, 7) is 2.08. The van der Waals surface area contributed by atoms with Gasteiger partial charge in [-0.2, -0.15) is 0 Å². The van der Waals surface area contributed by atoms with Crippen molar-refractivity contribution in [1.29, 1.82) is 0 Å². The fourth-order valence-electron chi connectivity index (χ4n) is 1.35. The fraction of sp³-hybridized carbons (Fsp3) is 0.364. The number of rotatable bonds is 4. The standard InChI is InChI=1S/C11H14O2S/c1-4-8-5-11(13-3)9(7-14)6-10(8)12-2/h5-7H,4H2,1-3H3. The van der Waals surface area contributed by atoms with Gasteiger partial charge in [0.15, 0.2) is 0 Å². The maximum Gasteiger partial charge on any atom is 0.127 e. The minimum atomic E-state index is 0.803. The molecule has 0 bridgehead atoms. The van der Waals surface area contributed by atoms with Crippen molar-refractivity contribution in [2.75, 3.05) is 14.2 Å². The molecule has 0 aliphatic carbocycles. The van der Waals surface area contributed by atoms with E-state index in [1.54, 1.807) is 19.6 Å². The van der Waals surface area contributed by atoms with Crippen molar-refractivity contribution in [3.63, 3.8) is 0 Å². The molecule has 0 heterocycles. The monoisotopic (exact) mass is 210 g/mol. The van der Waals surface area contributed by atoms with Crippen LogP contribution in [0, 0.1) is 0 Å². The maximum atomic E-state index is 5.26. The van der Waals surface area contributed by atoms with Crippen molar-refractivity contribution in [3.8, 4) is 11.5 Å². The summed E-state index contributed by atoms with van der Waals surface area (Å²) >= 11 is 4.90. The molecular weight excluding hydrogens is 196 g/mol. The van der Waals surface area contributed by atoms with Gasteiger partial charge in [0.05, 0.1) is 14.2 Å². The molecule has 0 saturated carbocycles. The summed E-state index contributed by atoms with van der Waals surface area (Å²) < 4.78 is 10.5. The van der Waals surface area contributed by atoms with Crippen molar-refractivity contribution in [1.82, 2.24) is 0 Å². The largest absolute Gasteiger partial charge is 0.496 e. The van der Waals surface area contributed by atoms with Gasteiger partial charge < -0.3 is 9.47 Å². The van der Waals surface area contributed by atoms with Crippen LogP contribution >= 0.6 is 12.2 Å². The summed E-state index contributed by atoms with van der Waals surface area (Å²) in [5.74, 6) is 1.67. The van der Waals surface area contributed by atoms with Gasteiger partial charge in [0, 0.05) is 10.9 Å². The zero-order valence-electron chi connectivity index (χ0n) is 8.66. The SMILES string of the molecule is CCc1cc(OC)c(C=S)cc1OC. The molecule has 2 nitrogen and oxygen atoms in total. The predicted molar refractivity (Wildman–Crippen MR) is 61.7 cm³/mol.